The summed E-state index contributed by atoms with van der Waals surface area (Å²) < 4.78 is 13.7. The molecule has 2 saturated heterocycles. The van der Waals surface area contributed by atoms with Crippen LogP contribution in [0.1, 0.15) is 33.6 Å². The number of anilines is 1. The van der Waals surface area contributed by atoms with Crippen LogP contribution in [0, 0.1) is 0 Å². The first kappa shape index (κ1) is 24.1. The van der Waals surface area contributed by atoms with E-state index < -0.39 is 17.9 Å². The Balaban J connectivity index is 1.72. The molecule has 0 saturated carbocycles. The van der Waals surface area contributed by atoms with Crippen LogP contribution in [0.25, 0.3) is 0 Å². The van der Waals surface area contributed by atoms with Gasteiger partial charge in [-0.05, 0) is 24.6 Å². The molecule has 2 fully saturated rings. The Morgan fingerprint density at radius 1 is 1.25 bits per heavy atom. The highest BCUT2D eigenvalue weighted by Gasteiger charge is 2.38. The molecule has 0 aromatic heterocycles. The number of carbonyl (C=O) groups is 4. The second-order valence-corrected chi connectivity index (χ2v) is 8.82. The van der Waals surface area contributed by atoms with Crippen LogP contribution >= 0.6 is 12.3 Å². The maximum atomic E-state index is 13.1. The third-order valence-corrected chi connectivity index (χ3v) is 6.46. The van der Waals surface area contributed by atoms with Gasteiger partial charge in [0.05, 0.1) is 11.7 Å². The summed E-state index contributed by atoms with van der Waals surface area (Å²) >= 11 is -0.272. The lowest BCUT2D eigenvalue weighted by Gasteiger charge is -2.51. The Kier molecular flexibility index (Phi) is 7.86. The SMILES string of the molecule is CN(SF)C(=O)C(CCC=O)N(C)C(=O)c1ccc(N2CC(N3CC(O)C3)C2)cc1C=O. The van der Waals surface area contributed by atoms with Crippen LogP contribution in [0.2, 0.25) is 0 Å². The van der Waals surface area contributed by atoms with E-state index in [1.54, 1.807) is 18.2 Å². The maximum Gasteiger partial charge on any atom is 0.256 e. The van der Waals surface area contributed by atoms with Crippen molar-refractivity contribution in [3.8, 4) is 0 Å². The first-order valence-corrected chi connectivity index (χ1v) is 11.0. The highest BCUT2D eigenvalue weighted by molar-refractivity contribution is 7.92. The summed E-state index contributed by atoms with van der Waals surface area (Å²) in [6, 6.07) is 4.26. The Hall–Kier alpha value is -2.50. The van der Waals surface area contributed by atoms with E-state index in [0.29, 0.717) is 31.7 Å². The van der Waals surface area contributed by atoms with E-state index in [1.807, 2.05) is 0 Å². The summed E-state index contributed by atoms with van der Waals surface area (Å²) in [7, 11) is 2.64. The summed E-state index contributed by atoms with van der Waals surface area (Å²) in [5, 5.41) is 9.44. The molecule has 1 aromatic carbocycles. The fraction of sp³-hybridized carbons (Fsp3) is 0.524. The van der Waals surface area contributed by atoms with Crippen molar-refractivity contribution < 1.29 is 28.2 Å². The van der Waals surface area contributed by atoms with E-state index in [2.05, 4.69) is 9.80 Å². The number of hydrogen-bond acceptors (Lipinski definition) is 8. The summed E-state index contributed by atoms with van der Waals surface area (Å²) in [5.74, 6) is -1.21. The highest BCUT2D eigenvalue weighted by Crippen LogP contribution is 2.28. The van der Waals surface area contributed by atoms with Gasteiger partial charge in [0.25, 0.3) is 11.8 Å². The van der Waals surface area contributed by atoms with E-state index in [1.165, 1.54) is 14.1 Å². The molecule has 2 heterocycles. The van der Waals surface area contributed by atoms with E-state index in [0.717, 1.165) is 28.0 Å². The number of halogens is 1. The van der Waals surface area contributed by atoms with Gasteiger partial charge in [-0.3, -0.25) is 23.6 Å². The Morgan fingerprint density at radius 2 is 1.94 bits per heavy atom. The van der Waals surface area contributed by atoms with Gasteiger partial charge in [-0.25, -0.2) is 0 Å². The molecule has 1 unspecified atom stereocenters. The summed E-state index contributed by atoms with van der Waals surface area (Å²) in [6.45, 7) is 2.90. The van der Waals surface area contributed by atoms with Gasteiger partial charge in [0, 0.05) is 64.0 Å². The van der Waals surface area contributed by atoms with Crippen molar-refractivity contribution in [2.24, 2.45) is 0 Å². The molecule has 2 amide bonds. The number of aliphatic hydroxyl groups excluding tert-OH is 1. The lowest BCUT2D eigenvalue weighted by molar-refractivity contribution is -0.130. The Bertz CT molecular complexity index is 876. The van der Waals surface area contributed by atoms with Crippen LogP contribution in [-0.4, -0.2) is 102 Å². The number of hydrogen-bond donors (Lipinski definition) is 1. The first-order chi connectivity index (χ1) is 15.3. The van der Waals surface area contributed by atoms with Crippen LogP contribution in [0.4, 0.5) is 9.57 Å². The van der Waals surface area contributed by atoms with E-state index in [9.17, 15) is 28.2 Å². The number of likely N-dealkylation sites (N-methyl/N-ethyl adjacent to an activating group) is 2. The normalized spacial score (nSPS) is 17.8. The molecule has 9 nitrogen and oxygen atoms in total. The molecule has 2 aliphatic rings. The van der Waals surface area contributed by atoms with Gasteiger partial charge in [0.1, 0.15) is 12.3 Å². The van der Waals surface area contributed by atoms with Crippen molar-refractivity contribution in [3.05, 3.63) is 29.3 Å². The van der Waals surface area contributed by atoms with Gasteiger partial charge in [0.2, 0.25) is 0 Å². The summed E-state index contributed by atoms with van der Waals surface area (Å²) in [5.41, 5.74) is 1.14. The lowest BCUT2D eigenvalue weighted by Crippen LogP contribution is -2.66. The second-order valence-electron chi connectivity index (χ2n) is 8.14. The number of aldehydes is 2. The molecule has 32 heavy (non-hydrogen) atoms. The predicted octanol–water partition coefficient (Wildman–Crippen LogP) is 0.775. The van der Waals surface area contributed by atoms with Gasteiger partial charge in [-0.2, -0.15) is 0 Å². The Morgan fingerprint density at radius 3 is 2.50 bits per heavy atom. The molecule has 3 rings (SSSR count). The molecule has 0 aliphatic carbocycles. The van der Waals surface area contributed by atoms with Gasteiger partial charge in [0.15, 0.2) is 18.6 Å². The largest absolute Gasteiger partial charge is 0.390 e. The van der Waals surface area contributed by atoms with Crippen molar-refractivity contribution in [2.45, 2.75) is 31.0 Å². The predicted molar refractivity (Wildman–Crippen MR) is 118 cm³/mol. The molecule has 0 spiro atoms. The minimum Gasteiger partial charge on any atom is -0.390 e. The average molecular weight is 467 g/mol. The third-order valence-electron chi connectivity index (χ3n) is 6.07. The van der Waals surface area contributed by atoms with Gasteiger partial charge < -0.3 is 19.7 Å². The molecule has 1 atom stereocenters. The average Bonchev–Trinajstić information content (AvgIpc) is 2.75. The van der Waals surface area contributed by atoms with Crippen molar-refractivity contribution in [2.75, 3.05) is 45.2 Å². The topological polar surface area (TPSA) is 101 Å². The fourth-order valence-electron chi connectivity index (χ4n) is 4.01. The number of aliphatic hydroxyl groups is 1. The molecule has 2 aliphatic heterocycles. The van der Waals surface area contributed by atoms with E-state index >= 15 is 0 Å². The van der Waals surface area contributed by atoms with Gasteiger partial charge >= 0.3 is 0 Å². The molecule has 0 radical (unpaired) electrons. The molecular weight excluding hydrogens is 439 g/mol. The number of rotatable bonds is 10. The van der Waals surface area contributed by atoms with Crippen LogP contribution < -0.4 is 4.90 Å². The second kappa shape index (κ2) is 10.4. The standard InChI is InChI=1S/C21H27FN4O5S/c1-23(19(4-3-7-27)21(31)24(2)32-22)20(30)18-6-5-15(8-14(18)13-28)25-9-16(10-25)26-11-17(29)12-26/h5-8,13,16-17,19,29H,3-4,9-12H2,1-2H3. The van der Waals surface area contributed by atoms with Crippen LogP contribution in [0.5, 0.6) is 0 Å². The molecule has 0 bridgehead atoms. The summed E-state index contributed by atoms with van der Waals surface area (Å²) in [4.78, 5) is 53.6. The smallest absolute Gasteiger partial charge is 0.256 e. The van der Waals surface area contributed by atoms with Crippen LogP contribution in [-0.2, 0) is 9.59 Å². The minimum absolute atomic E-state index is 0.0302. The molecule has 174 valence electrons. The zero-order valence-electron chi connectivity index (χ0n) is 18.0. The number of likely N-dealkylation sites (tertiary alicyclic amines) is 1. The zero-order chi connectivity index (χ0) is 23.4. The molecule has 1 N–H and O–H groups in total. The summed E-state index contributed by atoms with van der Waals surface area (Å²) in [6.07, 6.45) is 1.05. The van der Waals surface area contributed by atoms with Gasteiger partial charge in [-0.1, -0.05) is 0 Å². The number of β-amino-alcohol motifs (C(OH)–C–C–N with tert-alkyl or cyclic N) is 1. The van der Waals surface area contributed by atoms with Crippen molar-refractivity contribution >= 4 is 42.4 Å². The highest BCUT2D eigenvalue weighted by atomic mass is 32.2. The number of carbonyl (C=O) groups excluding carboxylic acids is 4. The quantitative estimate of drug-likeness (QED) is 0.399. The number of nitrogens with zero attached hydrogens (tertiary/aromatic N) is 4. The zero-order valence-corrected chi connectivity index (χ0v) is 18.8. The van der Waals surface area contributed by atoms with E-state index in [4.69, 9.17) is 0 Å². The van der Waals surface area contributed by atoms with Gasteiger partial charge in [-0.15, -0.1) is 3.89 Å². The number of benzene rings is 1. The maximum absolute atomic E-state index is 13.1. The lowest BCUT2D eigenvalue weighted by atomic mass is 9.98. The Labute approximate surface area is 190 Å². The van der Waals surface area contributed by atoms with Crippen LogP contribution in [0.15, 0.2) is 18.2 Å². The van der Waals surface area contributed by atoms with Crippen molar-refractivity contribution in [1.82, 2.24) is 14.1 Å². The molecular formula is C21H27FN4O5S. The van der Waals surface area contributed by atoms with Crippen molar-refractivity contribution in [3.63, 3.8) is 0 Å². The van der Waals surface area contributed by atoms with Crippen molar-refractivity contribution in [1.29, 1.82) is 0 Å². The fourth-order valence-corrected chi connectivity index (χ4v) is 4.20. The molecule has 11 heteroatoms. The number of amides is 2. The third kappa shape index (κ3) is 4.94. The minimum atomic E-state index is -1.04. The first-order valence-electron chi connectivity index (χ1n) is 10.3. The monoisotopic (exact) mass is 466 g/mol. The molecule has 1 aromatic rings. The van der Waals surface area contributed by atoms with Crippen LogP contribution in [0.3, 0.4) is 0 Å². The van der Waals surface area contributed by atoms with E-state index in [-0.39, 0.29) is 42.4 Å².